The van der Waals surface area contributed by atoms with E-state index in [-0.39, 0.29) is 23.6 Å². The summed E-state index contributed by atoms with van der Waals surface area (Å²) in [6.07, 6.45) is 1.52. The summed E-state index contributed by atoms with van der Waals surface area (Å²) in [5.41, 5.74) is 0.943. The fourth-order valence-corrected chi connectivity index (χ4v) is 2.81. The number of benzene rings is 1. The molecule has 3 rings (SSSR count). The molecule has 0 saturated carbocycles. The molecule has 2 aromatic heterocycles. The topological polar surface area (TPSA) is 81.2 Å². The van der Waals surface area contributed by atoms with Gasteiger partial charge in [0.15, 0.2) is 5.76 Å². The number of halogens is 1. The molecule has 0 unspecified atom stereocenters. The van der Waals surface area contributed by atoms with Gasteiger partial charge in [0.2, 0.25) is 5.91 Å². The first-order valence-corrected chi connectivity index (χ1v) is 8.53. The third kappa shape index (κ3) is 4.18. The zero-order valence-corrected chi connectivity index (χ0v) is 14.3. The Morgan fingerprint density at radius 3 is 2.96 bits per heavy atom. The molecule has 2 heterocycles. The van der Waals surface area contributed by atoms with E-state index in [0.29, 0.717) is 16.0 Å². The maximum absolute atomic E-state index is 12.0. The largest absolute Gasteiger partial charge is 0.459 e. The zero-order chi connectivity index (χ0) is 16.9. The lowest BCUT2D eigenvalue weighted by molar-refractivity contribution is -0.119. The minimum atomic E-state index is -0.141. The number of aromatic nitrogens is 2. The summed E-state index contributed by atoms with van der Waals surface area (Å²) in [6.45, 7) is 1.90. The predicted octanol–water partition coefficient (Wildman–Crippen LogP) is 3.95. The standard InChI is InChI=1S/C16H14ClN3O3S/c1-10(11-4-2-5-12(17)8-11)18-14(21)9-24-16-20-19-15(23-16)13-6-3-7-22-13/h2-8,10H,9H2,1H3,(H,18,21)/t10-/m1/s1. The summed E-state index contributed by atoms with van der Waals surface area (Å²) in [7, 11) is 0. The normalized spacial score (nSPS) is 12.1. The van der Waals surface area contributed by atoms with E-state index in [0.717, 1.165) is 5.56 Å². The number of hydrogen-bond donors (Lipinski definition) is 1. The first-order chi connectivity index (χ1) is 11.6. The van der Waals surface area contributed by atoms with Crippen LogP contribution in [-0.4, -0.2) is 21.9 Å². The van der Waals surface area contributed by atoms with Gasteiger partial charge in [-0.25, -0.2) is 0 Å². The second kappa shape index (κ2) is 7.55. The van der Waals surface area contributed by atoms with Crippen LogP contribution >= 0.6 is 23.4 Å². The Morgan fingerprint density at radius 2 is 2.21 bits per heavy atom. The van der Waals surface area contributed by atoms with Gasteiger partial charge < -0.3 is 14.2 Å². The Labute approximate surface area is 147 Å². The number of nitrogens with zero attached hydrogens (tertiary/aromatic N) is 2. The molecular formula is C16H14ClN3O3S. The number of nitrogens with one attached hydrogen (secondary N) is 1. The van der Waals surface area contributed by atoms with Crippen molar-refractivity contribution in [2.45, 2.75) is 18.2 Å². The lowest BCUT2D eigenvalue weighted by atomic mass is 10.1. The van der Waals surface area contributed by atoms with Crippen LogP contribution in [0.4, 0.5) is 0 Å². The molecule has 24 heavy (non-hydrogen) atoms. The molecule has 0 aliphatic rings. The smallest absolute Gasteiger partial charge is 0.284 e. The summed E-state index contributed by atoms with van der Waals surface area (Å²) in [5, 5.41) is 11.6. The molecule has 0 fully saturated rings. The van der Waals surface area contributed by atoms with E-state index in [4.69, 9.17) is 20.4 Å². The molecule has 0 bridgehead atoms. The molecule has 0 spiro atoms. The van der Waals surface area contributed by atoms with Crippen LogP contribution in [0.2, 0.25) is 5.02 Å². The lowest BCUT2D eigenvalue weighted by Crippen LogP contribution is -2.28. The van der Waals surface area contributed by atoms with Crippen molar-refractivity contribution in [1.82, 2.24) is 15.5 Å². The molecular weight excluding hydrogens is 350 g/mol. The number of carbonyl (C=O) groups is 1. The molecule has 124 valence electrons. The summed E-state index contributed by atoms with van der Waals surface area (Å²) in [4.78, 5) is 12.0. The van der Waals surface area contributed by atoms with E-state index in [1.54, 1.807) is 18.2 Å². The van der Waals surface area contributed by atoms with Crippen LogP contribution in [0.5, 0.6) is 0 Å². The molecule has 1 aromatic carbocycles. The van der Waals surface area contributed by atoms with Gasteiger partial charge in [-0.2, -0.15) is 0 Å². The molecule has 8 heteroatoms. The van der Waals surface area contributed by atoms with Gasteiger partial charge in [0.1, 0.15) is 0 Å². The van der Waals surface area contributed by atoms with Crippen molar-refractivity contribution in [3.8, 4) is 11.7 Å². The lowest BCUT2D eigenvalue weighted by Gasteiger charge is -2.14. The van der Waals surface area contributed by atoms with Crippen molar-refractivity contribution in [3.05, 3.63) is 53.2 Å². The van der Waals surface area contributed by atoms with Crippen molar-refractivity contribution in [2.75, 3.05) is 5.75 Å². The van der Waals surface area contributed by atoms with Crippen LogP contribution in [0, 0.1) is 0 Å². The van der Waals surface area contributed by atoms with Crippen LogP contribution in [-0.2, 0) is 4.79 Å². The van der Waals surface area contributed by atoms with Gasteiger partial charge in [0.05, 0.1) is 18.1 Å². The molecule has 1 amide bonds. The highest BCUT2D eigenvalue weighted by Gasteiger charge is 2.14. The van der Waals surface area contributed by atoms with Crippen molar-refractivity contribution >= 4 is 29.3 Å². The predicted molar refractivity (Wildman–Crippen MR) is 90.7 cm³/mol. The highest BCUT2D eigenvalue weighted by Crippen LogP contribution is 2.23. The van der Waals surface area contributed by atoms with Gasteiger partial charge in [-0.1, -0.05) is 35.5 Å². The van der Waals surface area contributed by atoms with Gasteiger partial charge in [0.25, 0.3) is 11.1 Å². The zero-order valence-electron chi connectivity index (χ0n) is 12.7. The van der Waals surface area contributed by atoms with E-state index in [2.05, 4.69) is 15.5 Å². The van der Waals surface area contributed by atoms with Crippen LogP contribution in [0.3, 0.4) is 0 Å². The first-order valence-electron chi connectivity index (χ1n) is 7.17. The monoisotopic (exact) mass is 363 g/mol. The summed E-state index contributed by atoms with van der Waals surface area (Å²) in [5.74, 6) is 0.818. The second-order valence-corrected chi connectivity index (χ2v) is 6.35. The molecule has 3 aromatic rings. The Balaban J connectivity index is 1.52. The SMILES string of the molecule is C[C@@H](NC(=O)CSc1nnc(-c2ccco2)o1)c1cccc(Cl)c1. The Morgan fingerprint density at radius 1 is 1.33 bits per heavy atom. The number of thioether (sulfide) groups is 1. The van der Waals surface area contributed by atoms with Gasteiger partial charge in [-0.05, 0) is 36.8 Å². The Kier molecular flexibility index (Phi) is 5.22. The number of rotatable bonds is 6. The minimum absolute atomic E-state index is 0.134. The van der Waals surface area contributed by atoms with Crippen molar-refractivity contribution in [3.63, 3.8) is 0 Å². The minimum Gasteiger partial charge on any atom is -0.459 e. The maximum atomic E-state index is 12.0. The van der Waals surface area contributed by atoms with E-state index < -0.39 is 0 Å². The molecule has 0 aliphatic carbocycles. The van der Waals surface area contributed by atoms with Crippen LogP contribution in [0.15, 0.2) is 56.7 Å². The third-order valence-electron chi connectivity index (χ3n) is 3.19. The summed E-state index contributed by atoms with van der Waals surface area (Å²) >= 11 is 7.13. The molecule has 1 atom stereocenters. The molecule has 1 N–H and O–H groups in total. The van der Waals surface area contributed by atoms with Crippen LogP contribution in [0.25, 0.3) is 11.7 Å². The average molecular weight is 364 g/mol. The number of carbonyl (C=O) groups excluding carboxylic acids is 1. The highest BCUT2D eigenvalue weighted by molar-refractivity contribution is 7.99. The average Bonchev–Trinajstić information content (AvgIpc) is 3.24. The van der Waals surface area contributed by atoms with Crippen molar-refractivity contribution in [2.24, 2.45) is 0 Å². The highest BCUT2D eigenvalue weighted by atomic mass is 35.5. The third-order valence-corrected chi connectivity index (χ3v) is 4.24. The number of hydrogen-bond acceptors (Lipinski definition) is 6. The molecule has 6 nitrogen and oxygen atoms in total. The fourth-order valence-electron chi connectivity index (χ4n) is 2.04. The fraction of sp³-hybridized carbons (Fsp3) is 0.188. The maximum Gasteiger partial charge on any atom is 0.284 e. The summed E-state index contributed by atoms with van der Waals surface area (Å²) in [6, 6.07) is 10.7. The van der Waals surface area contributed by atoms with Crippen molar-refractivity contribution in [1.29, 1.82) is 0 Å². The second-order valence-electron chi connectivity index (χ2n) is 4.98. The molecule has 0 radical (unpaired) electrons. The van der Waals surface area contributed by atoms with Gasteiger partial charge >= 0.3 is 0 Å². The van der Waals surface area contributed by atoms with Crippen molar-refractivity contribution < 1.29 is 13.6 Å². The van der Waals surface area contributed by atoms with E-state index in [9.17, 15) is 4.79 Å². The quantitative estimate of drug-likeness (QED) is 0.668. The van der Waals surface area contributed by atoms with E-state index >= 15 is 0 Å². The number of amides is 1. The van der Waals surface area contributed by atoms with Gasteiger partial charge in [0, 0.05) is 5.02 Å². The Bertz CT molecular complexity index is 820. The first kappa shape index (κ1) is 16.6. The van der Waals surface area contributed by atoms with E-state index in [1.165, 1.54) is 18.0 Å². The molecule has 0 saturated heterocycles. The Hall–Kier alpha value is -2.25. The van der Waals surface area contributed by atoms with Gasteiger partial charge in [-0.15, -0.1) is 10.2 Å². The van der Waals surface area contributed by atoms with Gasteiger partial charge in [-0.3, -0.25) is 4.79 Å². The van der Waals surface area contributed by atoms with E-state index in [1.807, 2.05) is 25.1 Å². The number of furan rings is 1. The summed E-state index contributed by atoms with van der Waals surface area (Å²) < 4.78 is 10.6. The van der Waals surface area contributed by atoms with Crippen LogP contribution < -0.4 is 5.32 Å². The van der Waals surface area contributed by atoms with Crippen LogP contribution in [0.1, 0.15) is 18.5 Å². The molecule has 0 aliphatic heterocycles.